The summed E-state index contributed by atoms with van der Waals surface area (Å²) in [7, 11) is 0. The first kappa shape index (κ1) is 30.0. The van der Waals surface area contributed by atoms with Gasteiger partial charge < -0.3 is 37.0 Å². The van der Waals surface area contributed by atoms with Gasteiger partial charge in [-0.15, -0.1) is 0 Å². The van der Waals surface area contributed by atoms with Crippen molar-refractivity contribution in [3.05, 3.63) is 0 Å². The van der Waals surface area contributed by atoms with Gasteiger partial charge in [0.05, 0.1) is 18.6 Å². The number of hydrogen-bond donors (Lipinski definition) is 7. The van der Waals surface area contributed by atoms with Crippen LogP contribution in [0.1, 0.15) is 26.2 Å². The molecule has 0 saturated carbocycles. The van der Waals surface area contributed by atoms with Crippen LogP contribution in [0.25, 0.3) is 0 Å². The van der Waals surface area contributed by atoms with Crippen LogP contribution in [0.15, 0.2) is 0 Å². The number of carboxylic acids is 2. The molecular weight excluding hydrogens is 464 g/mol. The minimum Gasteiger partial charge on any atom is -0.481 e. The van der Waals surface area contributed by atoms with E-state index >= 15 is 0 Å². The third-order valence-corrected chi connectivity index (χ3v) is 5.56. The minimum atomic E-state index is -1.70. The van der Waals surface area contributed by atoms with E-state index in [1.54, 1.807) is 6.26 Å². The lowest BCUT2D eigenvalue weighted by atomic mass is 10.1. The maximum absolute atomic E-state index is 12.8. The molecule has 0 aromatic heterocycles. The van der Waals surface area contributed by atoms with Crippen molar-refractivity contribution in [1.29, 1.82) is 0 Å². The lowest BCUT2D eigenvalue weighted by Gasteiger charge is -2.25. The fourth-order valence-corrected chi connectivity index (χ4v) is 3.42. The van der Waals surface area contributed by atoms with Gasteiger partial charge in [-0.25, -0.2) is 4.79 Å². The fraction of sp³-hybridized carbons (Fsp3) is 0.722. The predicted octanol–water partition coefficient (Wildman–Crippen LogP) is -1.79. The third-order valence-electron chi connectivity index (χ3n) is 4.27. The second-order valence-corrected chi connectivity index (χ2v) is 8.93. The van der Waals surface area contributed by atoms with Crippen LogP contribution in [0.4, 0.5) is 0 Å². The van der Waals surface area contributed by atoms with E-state index in [-0.39, 0.29) is 6.42 Å². The SMILES string of the molecule is CSCCC(N)C(=O)NC(CCSC)C(=O)NC(CC(=O)O)C(=O)NC(C(=O)O)C(C)O. The molecule has 0 rings (SSSR count). The number of carbonyl (C=O) groups is 5. The maximum atomic E-state index is 12.8. The smallest absolute Gasteiger partial charge is 0.328 e. The number of aliphatic carboxylic acids is 2. The number of aliphatic hydroxyl groups excluding tert-OH is 1. The summed E-state index contributed by atoms with van der Waals surface area (Å²) in [6, 6.07) is -5.24. The second kappa shape index (κ2) is 15.7. The zero-order valence-corrected chi connectivity index (χ0v) is 19.8. The average Bonchev–Trinajstić information content (AvgIpc) is 2.71. The van der Waals surface area contributed by atoms with Gasteiger partial charge in [0, 0.05) is 0 Å². The Balaban J connectivity index is 5.42. The number of carboxylic acid groups (broad SMARTS) is 2. The minimum absolute atomic E-state index is 0.195. The van der Waals surface area contributed by atoms with Crippen molar-refractivity contribution >= 4 is 53.2 Å². The largest absolute Gasteiger partial charge is 0.481 e. The quantitative estimate of drug-likeness (QED) is 0.127. The molecule has 8 N–H and O–H groups in total. The molecule has 0 fully saturated rings. The molecule has 0 radical (unpaired) electrons. The Bertz CT molecular complexity index is 665. The van der Waals surface area contributed by atoms with Gasteiger partial charge in [0.2, 0.25) is 17.7 Å². The van der Waals surface area contributed by atoms with Crippen molar-refractivity contribution in [3.63, 3.8) is 0 Å². The Morgan fingerprint density at radius 1 is 0.844 bits per heavy atom. The monoisotopic (exact) mass is 496 g/mol. The molecule has 0 aromatic carbocycles. The maximum Gasteiger partial charge on any atom is 0.328 e. The van der Waals surface area contributed by atoms with Crippen LogP contribution >= 0.6 is 23.5 Å². The van der Waals surface area contributed by atoms with Gasteiger partial charge in [0.25, 0.3) is 0 Å². The van der Waals surface area contributed by atoms with Gasteiger partial charge in [0.15, 0.2) is 6.04 Å². The second-order valence-electron chi connectivity index (χ2n) is 6.95. The summed E-state index contributed by atoms with van der Waals surface area (Å²) < 4.78 is 0. The van der Waals surface area contributed by atoms with E-state index in [0.717, 1.165) is 6.92 Å². The van der Waals surface area contributed by atoms with Crippen molar-refractivity contribution in [3.8, 4) is 0 Å². The van der Waals surface area contributed by atoms with E-state index in [9.17, 15) is 29.1 Å². The molecule has 5 atom stereocenters. The number of thioether (sulfide) groups is 2. The molecule has 0 aliphatic carbocycles. The van der Waals surface area contributed by atoms with E-state index in [1.165, 1.54) is 23.5 Å². The molecule has 14 heteroatoms. The van der Waals surface area contributed by atoms with E-state index in [4.69, 9.17) is 15.9 Å². The van der Waals surface area contributed by atoms with Crippen LogP contribution in [0.5, 0.6) is 0 Å². The van der Waals surface area contributed by atoms with Gasteiger partial charge in [-0.2, -0.15) is 23.5 Å². The van der Waals surface area contributed by atoms with E-state index in [1.807, 2.05) is 11.6 Å². The molecule has 0 spiro atoms. The highest BCUT2D eigenvalue weighted by Crippen LogP contribution is 2.06. The first-order chi connectivity index (χ1) is 14.9. The Morgan fingerprint density at radius 3 is 1.81 bits per heavy atom. The van der Waals surface area contributed by atoms with Crippen molar-refractivity contribution in [2.75, 3.05) is 24.0 Å². The topological polar surface area (TPSA) is 208 Å². The summed E-state index contributed by atoms with van der Waals surface area (Å²) in [5.74, 6) is -4.28. The van der Waals surface area contributed by atoms with Gasteiger partial charge in [-0.3, -0.25) is 19.2 Å². The van der Waals surface area contributed by atoms with Gasteiger partial charge in [-0.05, 0) is 43.8 Å². The zero-order valence-electron chi connectivity index (χ0n) is 18.2. The van der Waals surface area contributed by atoms with E-state index in [0.29, 0.717) is 17.9 Å². The summed E-state index contributed by atoms with van der Waals surface area (Å²) in [4.78, 5) is 59.9. The standard InChI is InChI=1S/C18H32N4O8S2/c1-9(23)14(18(29)30)22-17(28)12(8-13(24)25)21-16(27)11(5-7-32-3)20-15(26)10(19)4-6-31-2/h9-12,14,23H,4-8,19H2,1-3H3,(H,20,26)(H,21,27)(H,22,28)(H,24,25)(H,29,30). The lowest BCUT2D eigenvalue weighted by Crippen LogP contribution is -2.58. The summed E-state index contributed by atoms with van der Waals surface area (Å²) in [5, 5.41) is 34.5. The van der Waals surface area contributed by atoms with Crippen molar-refractivity contribution in [2.45, 2.75) is 56.5 Å². The molecular formula is C18H32N4O8S2. The average molecular weight is 497 g/mol. The van der Waals surface area contributed by atoms with E-state index < -0.39 is 66.4 Å². The fourth-order valence-electron chi connectivity index (χ4n) is 2.46. The number of rotatable bonds is 16. The van der Waals surface area contributed by atoms with Crippen LogP contribution in [-0.4, -0.2) is 99.3 Å². The van der Waals surface area contributed by atoms with Crippen molar-refractivity contribution in [2.24, 2.45) is 5.73 Å². The number of nitrogens with one attached hydrogen (secondary N) is 3. The Labute approximate surface area is 194 Å². The Morgan fingerprint density at radius 2 is 1.34 bits per heavy atom. The summed E-state index contributed by atoms with van der Waals surface area (Å²) in [5.41, 5.74) is 5.82. The molecule has 32 heavy (non-hydrogen) atoms. The highest BCUT2D eigenvalue weighted by Gasteiger charge is 2.32. The lowest BCUT2D eigenvalue weighted by molar-refractivity contribution is -0.146. The number of amides is 3. The highest BCUT2D eigenvalue weighted by molar-refractivity contribution is 7.98. The number of hydrogen-bond acceptors (Lipinski definition) is 9. The molecule has 0 bridgehead atoms. The van der Waals surface area contributed by atoms with Crippen LogP contribution < -0.4 is 21.7 Å². The first-order valence-corrected chi connectivity index (χ1v) is 12.5. The zero-order chi connectivity index (χ0) is 24.8. The predicted molar refractivity (Wildman–Crippen MR) is 121 cm³/mol. The van der Waals surface area contributed by atoms with Crippen LogP contribution in [0.2, 0.25) is 0 Å². The van der Waals surface area contributed by atoms with Crippen molar-refractivity contribution < 1.29 is 39.3 Å². The van der Waals surface area contributed by atoms with Crippen LogP contribution in [0, 0.1) is 0 Å². The number of aliphatic hydroxyl groups is 1. The van der Waals surface area contributed by atoms with Gasteiger partial charge >= 0.3 is 11.9 Å². The highest BCUT2D eigenvalue weighted by atomic mass is 32.2. The molecule has 3 amide bonds. The molecule has 0 saturated heterocycles. The molecule has 0 aromatic rings. The first-order valence-electron chi connectivity index (χ1n) is 9.71. The molecule has 0 aliphatic rings. The Hall–Kier alpha value is -2.03. The van der Waals surface area contributed by atoms with E-state index in [2.05, 4.69) is 10.6 Å². The molecule has 0 heterocycles. The molecule has 0 aliphatic heterocycles. The van der Waals surface area contributed by atoms with Gasteiger partial charge in [0.1, 0.15) is 12.1 Å². The summed E-state index contributed by atoms with van der Waals surface area (Å²) in [6.07, 6.45) is 1.95. The summed E-state index contributed by atoms with van der Waals surface area (Å²) in [6.45, 7) is 1.14. The van der Waals surface area contributed by atoms with Crippen LogP contribution in [-0.2, 0) is 24.0 Å². The van der Waals surface area contributed by atoms with Gasteiger partial charge in [-0.1, -0.05) is 0 Å². The summed E-state index contributed by atoms with van der Waals surface area (Å²) >= 11 is 2.93. The molecule has 5 unspecified atom stereocenters. The molecule has 12 nitrogen and oxygen atoms in total. The Kier molecular flexibility index (Phi) is 14.7. The number of nitrogens with two attached hydrogens (primary N) is 1. The van der Waals surface area contributed by atoms with Crippen molar-refractivity contribution in [1.82, 2.24) is 16.0 Å². The number of carbonyl (C=O) groups excluding carboxylic acids is 3. The molecule has 184 valence electrons. The third kappa shape index (κ3) is 11.5. The normalized spacial score (nSPS) is 15.5. The van der Waals surface area contributed by atoms with Crippen LogP contribution in [0.3, 0.4) is 0 Å².